The Bertz CT molecular complexity index is 451. The lowest BCUT2D eigenvalue weighted by Gasteiger charge is -2.11. The molecular formula is C11H11NO3S. The maximum Gasteiger partial charge on any atom is 0.175 e. The second-order valence-corrected chi connectivity index (χ2v) is 3.79. The molecule has 1 aromatic rings. The summed E-state index contributed by atoms with van der Waals surface area (Å²) in [5.74, 6) is 0.841. The smallest absolute Gasteiger partial charge is 0.175 e. The van der Waals surface area contributed by atoms with Gasteiger partial charge >= 0.3 is 0 Å². The molecule has 0 radical (unpaired) electrons. The first-order valence-electron chi connectivity index (χ1n) is 4.47. The number of nitrogens with zero attached hydrogens (tertiary/aromatic N) is 1. The molecule has 0 atom stereocenters. The van der Waals surface area contributed by atoms with Gasteiger partial charge < -0.3 is 9.47 Å². The number of Topliss-reactive ketones (excluding diaryl/α,β-unsaturated/α-hetero) is 1. The molecule has 0 aliphatic heterocycles. The van der Waals surface area contributed by atoms with Crippen LogP contribution >= 0.6 is 11.8 Å². The van der Waals surface area contributed by atoms with Crippen LogP contribution < -0.4 is 9.47 Å². The summed E-state index contributed by atoms with van der Waals surface area (Å²) in [6, 6.07) is 3.22. The molecule has 0 amide bonds. The summed E-state index contributed by atoms with van der Waals surface area (Å²) in [5, 5.41) is 10.6. The van der Waals surface area contributed by atoms with Crippen molar-refractivity contribution in [3.8, 4) is 16.9 Å². The van der Waals surface area contributed by atoms with E-state index < -0.39 is 0 Å². The monoisotopic (exact) mass is 237 g/mol. The second kappa shape index (κ2) is 5.42. The van der Waals surface area contributed by atoms with Crippen molar-refractivity contribution in [2.75, 3.05) is 14.2 Å². The summed E-state index contributed by atoms with van der Waals surface area (Å²) >= 11 is 0.936. The zero-order chi connectivity index (χ0) is 12.1. The molecule has 0 aromatic heterocycles. The number of methoxy groups -OCH3 is 2. The number of thioether (sulfide) groups is 1. The quantitative estimate of drug-likeness (QED) is 0.457. The zero-order valence-electron chi connectivity index (χ0n) is 9.23. The molecule has 0 bridgehead atoms. The highest BCUT2D eigenvalue weighted by Crippen LogP contribution is 2.38. The highest BCUT2D eigenvalue weighted by atomic mass is 32.2. The molecule has 0 spiro atoms. The number of hydrogen-bond donors (Lipinski definition) is 0. The van der Waals surface area contributed by atoms with Gasteiger partial charge in [-0.25, -0.2) is 0 Å². The highest BCUT2D eigenvalue weighted by molar-refractivity contribution is 8.03. The molecule has 0 N–H and O–H groups in total. The Labute approximate surface area is 98.2 Å². The van der Waals surface area contributed by atoms with E-state index in [0.29, 0.717) is 22.0 Å². The van der Waals surface area contributed by atoms with Crippen molar-refractivity contribution in [2.45, 2.75) is 11.8 Å². The third-order valence-electron chi connectivity index (χ3n) is 2.01. The average Bonchev–Trinajstić information content (AvgIpc) is 2.28. The molecule has 1 aromatic carbocycles. The van der Waals surface area contributed by atoms with Gasteiger partial charge in [0.2, 0.25) is 0 Å². The van der Waals surface area contributed by atoms with Crippen LogP contribution in [0.15, 0.2) is 17.0 Å². The van der Waals surface area contributed by atoms with Gasteiger partial charge in [-0.1, -0.05) is 0 Å². The van der Waals surface area contributed by atoms with Gasteiger partial charge in [-0.05, 0) is 30.8 Å². The zero-order valence-corrected chi connectivity index (χ0v) is 10.1. The Hall–Kier alpha value is -1.67. The number of benzene rings is 1. The topological polar surface area (TPSA) is 59.3 Å². The number of carbonyl (C=O) groups excluding carboxylic acids is 1. The van der Waals surface area contributed by atoms with E-state index in [4.69, 9.17) is 14.7 Å². The number of ether oxygens (including phenoxy) is 2. The Morgan fingerprint density at radius 3 is 2.50 bits per heavy atom. The Morgan fingerprint density at radius 1 is 1.38 bits per heavy atom. The van der Waals surface area contributed by atoms with Crippen molar-refractivity contribution in [3.63, 3.8) is 0 Å². The average molecular weight is 237 g/mol. The molecule has 0 saturated carbocycles. The molecule has 84 valence electrons. The minimum absolute atomic E-state index is 0.0826. The summed E-state index contributed by atoms with van der Waals surface area (Å²) in [7, 11) is 2.98. The normalized spacial score (nSPS) is 9.38. The molecule has 0 unspecified atom stereocenters. The molecule has 1 rings (SSSR count). The van der Waals surface area contributed by atoms with Crippen molar-refractivity contribution in [3.05, 3.63) is 17.7 Å². The first-order valence-corrected chi connectivity index (χ1v) is 5.28. The number of thiocyanates is 1. The maximum atomic E-state index is 11.3. The third kappa shape index (κ3) is 2.47. The first kappa shape index (κ1) is 12.4. The van der Waals surface area contributed by atoms with Crippen LogP contribution in [0.5, 0.6) is 11.5 Å². The fourth-order valence-electron chi connectivity index (χ4n) is 1.26. The Morgan fingerprint density at radius 2 is 2.06 bits per heavy atom. The third-order valence-corrected chi connectivity index (χ3v) is 2.62. The van der Waals surface area contributed by atoms with Crippen LogP contribution in [0.3, 0.4) is 0 Å². The van der Waals surface area contributed by atoms with Crippen LogP contribution in [0, 0.1) is 10.7 Å². The van der Waals surface area contributed by atoms with E-state index in [9.17, 15) is 4.79 Å². The molecule has 0 aliphatic rings. The molecule has 0 heterocycles. The van der Waals surface area contributed by atoms with E-state index in [1.807, 2.05) is 5.40 Å². The van der Waals surface area contributed by atoms with Gasteiger partial charge in [0.05, 0.1) is 19.1 Å². The van der Waals surface area contributed by atoms with Crippen molar-refractivity contribution in [1.29, 1.82) is 5.26 Å². The van der Waals surface area contributed by atoms with Crippen molar-refractivity contribution < 1.29 is 14.3 Å². The molecule has 0 fully saturated rings. The maximum absolute atomic E-state index is 11.3. The van der Waals surface area contributed by atoms with Crippen LogP contribution in [-0.2, 0) is 0 Å². The van der Waals surface area contributed by atoms with Gasteiger partial charge in [0.1, 0.15) is 5.40 Å². The van der Waals surface area contributed by atoms with Crippen molar-refractivity contribution in [2.24, 2.45) is 0 Å². The van der Waals surface area contributed by atoms with Gasteiger partial charge in [-0.15, -0.1) is 0 Å². The number of hydrogen-bond acceptors (Lipinski definition) is 5. The minimum atomic E-state index is -0.0826. The van der Waals surface area contributed by atoms with E-state index >= 15 is 0 Å². The van der Waals surface area contributed by atoms with Crippen molar-refractivity contribution in [1.82, 2.24) is 0 Å². The number of nitriles is 1. The summed E-state index contributed by atoms with van der Waals surface area (Å²) in [5.41, 5.74) is 0.496. The van der Waals surface area contributed by atoms with Crippen molar-refractivity contribution >= 4 is 17.5 Å². The van der Waals surface area contributed by atoms with Gasteiger partial charge in [0.25, 0.3) is 0 Å². The van der Waals surface area contributed by atoms with Crippen LogP contribution in [0.25, 0.3) is 0 Å². The Balaban J connectivity index is 3.38. The van der Waals surface area contributed by atoms with Crippen LogP contribution in [0.1, 0.15) is 17.3 Å². The van der Waals surface area contributed by atoms with Gasteiger partial charge in [-0.2, -0.15) is 5.26 Å². The van der Waals surface area contributed by atoms with E-state index in [-0.39, 0.29) is 5.78 Å². The summed E-state index contributed by atoms with van der Waals surface area (Å²) in [4.78, 5) is 11.9. The van der Waals surface area contributed by atoms with Gasteiger partial charge in [0, 0.05) is 5.56 Å². The fraction of sp³-hybridized carbons (Fsp3) is 0.273. The Kier molecular flexibility index (Phi) is 4.20. The molecule has 5 heteroatoms. The van der Waals surface area contributed by atoms with Crippen LogP contribution in [0.2, 0.25) is 0 Å². The molecule has 0 aliphatic carbocycles. The van der Waals surface area contributed by atoms with E-state index in [1.165, 1.54) is 21.1 Å². The van der Waals surface area contributed by atoms with E-state index in [0.717, 1.165) is 11.8 Å². The summed E-state index contributed by atoms with van der Waals surface area (Å²) in [6.45, 7) is 1.46. The molecule has 16 heavy (non-hydrogen) atoms. The van der Waals surface area contributed by atoms with E-state index in [2.05, 4.69) is 0 Å². The van der Waals surface area contributed by atoms with Crippen LogP contribution in [0.4, 0.5) is 0 Å². The van der Waals surface area contributed by atoms with Crippen LogP contribution in [-0.4, -0.2) is 20.0 Å². The first-order chi connectivity index (χ1) is 7.63. The standard InChI is InChI=1S/C11H11NO3S/c1-7(13)8-4-9(14-2)11(15-3)10(5-8)16-6-12/h4-5H,1-3H3. The molecule has 0 saturated heterocycles. The van der Waals surface area contributed by atoms with Gasteiger partial charge in [-0.3, -0.25) is 4.79 Å². The predicted octanol–water partition coefficient (Wildman–Crippen LogP) is 2.48. The predicted molar refractivity (Wildman–Crippen MR) is 61.0 cm³/mol. The SMILES string of the molecule is COc1cc(C(C)=O)cc(SC#N)c1OC. The molecular weight excluding hydrogens is 226 g/mol. The second-order valence-electron chi connectivity index (χ2n) is 2.96. The van der Waals surface area contributed by atoms with E-state index in [1.54, 1.807) is 12.1 Å². The number of rotatable bonds is 4. The largest absolute Gasteiger partial charge is 0.493 e. The summed E-state index contributed by atoms with van der Waals surface area (Å²) < 4.78 is 10.3. The molecule has 4 nitrogen and oxygen atoms in total. The number of ketones is 1. The number of carbonyl (C=O) groups is 1. The lowest BCUT2D eigenvalue weighted by Crippen LogP contribution is -1.98. The minimum Gasteiger partial charge on any atom is -0.493 e. The summed E-state index contributed by atoms with van der Waals surface area (Å²) in [6.07, 6.45) is 0. The fourth-order valence-corrected chi connectivity index (χ4v) is 1.82. The lowest BCUT2D eigenvalue weighted by molar-refractivity contribution is 0.101. The highest BCUT2D eigenvalue weighted by Gasteiger charge is 2.14. The van der Waals surface area contributed by atoms with Gasteiger partial charge in [0.15, 0.2) is 17.3 Å². The lowest BCUT2D eigenvalue weighted by atomic mass is 10.1.